The van der Waals surface area contributed by atoms with Gasteiger partial charge in [-0.2, -0.15) is 0 Å². The van der Waals surface area contributed by atoms with E-state index in [4.69, 9.17) is 5.84 Å². The molecule has 0 atom stereocenters. The number of aryl methyl sites for hydroxylation is 2. The van der Waals surface area contributed by atoms with Crippen LogP contribution in [0.1, 0.15) is 11.1 Å². The molecule has 1 heterocycles. The summed E-state index contributed by atoms with van der Waals surface area (Å²) in [6.45, 7) is 5.04. The maximum Gasteiger partial charge on any atom is 0.178 e. The van der Waals surface area contributed by atoms with Gasteiger partial charge < -0.3 is 0 Å². The third-order valence-electron chi connectivity index (χ3n) is 2.46. The van der Waals surface area contributed by atoms with Crippen molar-refractivity contribution in [3.8, 4) is 0 Å². The summed E-state index contributed by atoms with van der Waals surface area (Å²) in [6, 6.07) is 6.20. The molecule has 4 heteroatoms. The zero-order valence-corrected chi connectivity index (χ0v) is 9.84. The van der Waals surface area contributed by atoms with Crippen LogP contribution >= 0.6 is 11.8 Å². The van der Waals surface area contributed by atoms with Crippen molar-refractivity contribution in [3.63, 3.8) is 0 Å². The molecule has 1 aromatic rings. The maximum atomic E-state index is 5.81. The lowest BCUT2D eigenvalue weighted by Crippen LogP contribution is -2.31. The second-order valence-corrected chi connectivity index (χ2v) is 4.74. The second kappa shape index (κ2) is 4.24. The van der Waals surface area contributed by atoms with E-state index in [0.717, 1.165) is 23.2 Å². The number of para-hydroxylation sites is 1. The first-order valence-corrected chi connectivity index (χ1v) is 5.97. The van der Waals surface area contributed by atoms with Crippen LogP contribution in [-0.4, -0.2) is 22.5 Å². The van der Waals surface area contributed by atoms with Crippen molar-refractivity contribution in [2.24, 2.45) is 10.8 Å². The SMILES string of the molecule is Cc1cccc(C)c1N=C1SCCN1N. The quantitative estimate of drug-likeness (QED) is 0.739. The summed E-state index contributed by atoms with van der Waals surface area (Å²) in [6.07, 6.45) is 0. The number of hydrogen-bond acceptors (Lipinski definition) is 3. The van der Waals surface area contributed by atoms with Gasteiger partial charge in [0.2, 0.25) is 0 Å². The minimum absolute atomic E-state index is 0.883. The van der Waals surface area contributed by atoms with E-state index in [9.17, 15) is 0 Å². The molecule has 0 unspecified atom stereocenters. The first-order chi connectivity index (χ1) is 7.18. The topological polar surface area (TPSA) is 41.6 Å². The van der Waals surface area contributed by atoms with Crippen LogP contribution in [0.25, 0.3) is 0 Å². The Morgan fingerprint density at radius 2 is 2.00 bits per heavy atom. The molecule has 3 nitrogen and oxygen atoms in total. The molecule has 1 saturated heterocycles. The Labute approximate surface area is 94.3 Å². The Bertz CT molecular complexity index is 381. The van der Waals surface area contributed by atoms with E-state index in [1.165, 1.54) is 11.1 Å². The van der Waals surface area contributed by atoms with Gasteiger partial charge in [-0.1, -0.05) is 30.0 Å². The van der Waals surface area contributed by atoms with Crippen molar-refractivity contribution in [2.75, 3.05) is 12.3 Å². The van der Waals surface area contributed by atoms with Gasteiger partial charge in [-0.15, -0.1) is 0 Å². The molecule has 2 N–H and O–H groups in total. The highest BCUT2D eigenvalue weighted by Crippen LogP contribution is 2.26. The van der Waals surface area contributed by atoms with Crippen LogP contribution < -0.4 is 5.84 Å². The van der Waals surface area contributed by atoms with Gasteiger partial charge in [0.1, 0.15) is 0 Å². The lowest BCUT2D eigenvalue weighted by atomic mass is 10.1. The number of rotatable bonds is 1. The van der Waals surface area contributed by atoms with E-state index < -0.39 is 0 Å². The minimum Gasteiger partial charge on any atom is -0.288 e. The second-order valence-electron chi connectivity index (χ2n) is 3.68. The average molecular weight is 221 g/mol. The molecule has 80 valence electrons. The van der Waals surface area contributed by atoms with Gasteiger partial charge in [-0.25, -0.2) is 10.8 Å². The van der Waals surface area contributed by atoms with Crippen molar-refractivity contribution in [2.45, 2.75) is 13.8 Å². The fourth-order valence-corrected chi connectivity index (χ4v) is 2.47. The predicted molar refractivity (Wildman–Crippen MR) is 66.4 cm³/mol. The highest BCUT2D eigenvalue weighted by Gasteiger charge is 2.16. The minimum atomic E-state index is 0.883. The van der Waals surface area contributed by atoms with Crippen LogP contribution in [0.4, 0.5) is 5.69 Å². The molecular formula is C11H15N3S. The Morgan fingerprint density at radius 1 is 1.33 bits per heavy atom. The standard InChI is InChI=1S/C11H15N3S/c1-8-4-3-5-9(2)10(8)13-11-14(12)6-7-15-11/h3-5H,6-7,12H2,1-2H3. The highest BCUT2D eigenvalue weighted by molar-refractivity contribution is 8.14. The summed E-state index contributed by atoms with van der Waals surface area (Å²) in [5.41, 5.74) is 3.45. The van der Waals surface area contributed by atoms with Gasteiger partial charge in [0.05, 0.1) is 5.69 Å². The number of benzene rings is 1. The van der Waals surface area contributed by atoms with Gasteiger partial charge in [0.25, 0.3) is 0 Å². The fourth-order valence-electron chi connectivity index (χ4n) is 1.59. The summed E-state index contributed by atoms with van der Waals surface area (Å²) in [4.78, 5) is 4.62. The number of hydrazine groups is 1. The molecule has 0 aromatic heterocycles. The first kappa shape index (κ1) is 10.5. The number of aliphatic imine (C=N–C) groups is 1. The van der Waals surface area contributed by atoms with Crippen molar-refractivity contribution >= 4 is 22.6 Å². The molecule has 0 amide bonds. The fraction of sp³-hybridized carbons (Fsp3) is 0.364. The Hall–Kier alpha value is -1.00. The van der Waals surface area contributed by atoms with Crippen molar-refractivity contribution in [3.05, 3.63) is 29.3 Å². The lowest BCUT2D eigenvalue weighted by Gasteiger charge is -2.11. The van der Waals surface area contributed by atoms with Gasteiger partial charge in [-0.05, 0) is 25.0 Å². The van der Waals surface area contributed by atoms with E-state index in [0.29, 0.717) is 0 Å². The monoisotopic (exact) mass is 221 g/mol. The Balaban J connectivity index is 2.38. The van der Waals surface area contributed by atoms with Crippen LogP contribution in [0.2, 0.25) is 0 Å². The summed E-state index contributed by atoms with van der Waals surface area (Å²) in [5.74, 6) is 6.84. The largest absolute Gasteiger partial charge is 0.288 e. The molecule has 1 aliphatic rings. The van der Waals surface area contributed by atoms with Gasteiger partial charge in [0.15, 0.2) is 5.17 Å². The van der Waals surface area contributed by atoms with Crippen molar-refractivity contribution in [1.82, 2.24) is 5.01 Å². The zero-order chi connectivity index (χ0) is 10.8. The molecule has 1 aromatic carbocycles. The summed E-state index contributed by atoms with van der Waals surface area (Å²) >= 11 is 1.71. The van der Waals surface area contributed by atoms with Crippen LogP contribution in [0, 0.1) is 13.8 Å². The smallest absolute Gasteiger partial charge is 0.178 e. The summed E-state index contributed by atoms with van der Waals surface area (Å²) in [7, 11) is 0. The van der Waals surface area contributed by atoms with Crippen LogP contribution in [0.5, 0.6) is 0 Å². The first-order valence-electron chi connectivity index (χ1n) is 4.98. The number of amidine groups is 1. The number of hydrogen-bond donors (Lipinski definition) is 1. The third kappa shape index (κ3) is 2.16. The highest BCUT2D eigenvalue weighted by atomic mass is 32.2. The molecule has 1 aliphatic heterocycles. The van der Waals surface area contributed by atoms with E-state index in [2.05, 4.69) is 37.0 Å². The molecule has 0 radical (unpaired) electrons. The maximum absolute atomic E-state index is 5.81. The van der Waals surface area contributed by atoms with E-state index in [1.807, 2.05) is 0 Å². The van der Waals surface area contributed by atoms with Crippen LogP contribution in [0.15, 0.2) is 23.2 Å². The molecular weight excluding hydrogens is 206 g/mol. The lowest BCUT2D eigenvalue weighted by molar-refractivity contribution is 0.489. The number of nitrogens with two attached hydrogens (primary N) is 1. The number of thioether (sulfide) groups is 1. The summed E-state index contributed by atoms with van der Waals surface area (Å²) < 4.78 is 0. The van der Waals surface area contributed by atoms with Gasteiger partial charge in [-0.3, -0.25) is 5.01 Å². The summed E-state index contributed by atoms with van der Waals surface area (Å²) in [5, 5.41) is 2.64. The van der Waals surface area contributed by atoms with Crippen LogP contribution in [-0.2, 0) is 0 Å². The predicted octanol–water partition coefficient (Wildman–Crippen LogP) is 2.21. The van der Waals surface area contributed by atoms with E-state index in [-0.39, 0.29) is 0 Å². The molecule has 0 aliphatic carbocycles. The van der Waals surface area contributed by atoms with Crippen molar-refractivity contribution in [1.29, 1.82) is 0 Å². The Kier molecular flexibility index (Phi) is 2.98. The normalized spacial score (nSPS) is 18.9. The van der Waals surface area contributed by atoms with Crippen LogP contribution in [0.3, 0.4) is 0 Å². The third-order valence-corrected chi connectivity index (χ3v) is 3.43. The molecule has 2 rings (SSSR count). The van der Waals surface area contributed by atoms with Gasteiger partial charge in [0, 0.05) is 12.3 Å². The average Bonchev–Trinajstić information content (AvgIpc) is 2.58. The number of nitrogens with zero attached hydrogens (tertiary/aromatic N) is 2. The zero-order valence-electron chi connectivity index (χ0n) is 9.03. The molecule has 15 heavy (non-hydrogen) atoms. The van der Waals surface area contributed by atoms with E-state index in [1.54, 1.807) is 16.8 Å². The Morgan fingerprint density at radius 3 is 2.53 bits per heavy atom. The van der Waals surface area contributed by atoms with Crippen molar-refractivity contribution < 1.29 is 0 Å². The molecule has 0 saturated carbocycles. The molecule has 0 spiro atoms. The molecule has 0 bridgehead atoms. The van der Waals surface area contributed by atoms with Gasteiger partial charge >= 0.3 is 0 Å². The van der Waals surface area contributed by atoms with E-state index >= 15 is 0 Å². The molecule has 1 fully saturated rings.